The summed E-state index contributed by atoms with van der Waals surface area (Å²) in [6.07, 6.45) is 3.77. The Kier molecular flexibility index (Phi) is 4.99. The molecule has 22 heavy (non-hydrogen) atoms. The van der Waals surface area contributed by atoms with Gasteiger partial charge < -0.3 is 14.4 Å². The summed E-state index contributed by atoms with van der Waals surface area (Å²) in [5, 5.41) is 0.241. The Morgan fingerprint density at radius 3 is 2.64 bits per heavy atom. The molecule has 4 nitrogen and oxygen atoms in total. The fourth-order valence-electron chi connectivity index (χ4n) is 1.87. The van der Waals surface area contributed by atoms with E-state index in [0.29, 0.717) is 0 Å². The van der Waals surface area contributed by atoms with Crippen LogP contribution in [0.4, 0.5) is 13.6 Å². The van der Waals surface area contributed by atoms with E-state index in [1.807, 2.05) is 0 Å². The van der Waals surface area contributed by atoms with E-state index in [2.05, 4.69) is 5.92 Å². The van der Waals surface area contributed by atoms with Gasteiger partial charge in [-0.25, -0.2) is 13.6 Å². The second-order valence-corrected chi connectivity index (χ2v) is 5.42. The quantitative estimate of drug-likeness (QED) is 0.778. The molecular weight excluding hydrogens is 339 g/mol. The van der Waals surface area contributed by atoms with Crippen LogP contribution in [0.15, 0.2) is 12.1 Å². The Balaban J connectivity index is 2.12. The second kappa shape index (κ2) is 6.59. The van der Waals surface area contributed by atoms with Crippen molar-refractivity contribution >= 4 is 29.3 Å². The number of benzene rings is 1. The average molecular weight is 350 g/mol. The Morgan fingerprint density at radius 2 is 2.05 bits per heavy atom. The van der Waals surface area contributed by atoms with Crippen LogP contribution >= 0.6 is 23.2 Å². The van der Waals surface area contributed by atoms with Gasteiger partial charge in [0, 0.05) is 19.0 Å². The largest absolute Gasteiger partial charge is 0.479 e. The predicted octanol–water partition coefficient (Wildman–Crippen LogP) is 3.85. The van der Waals surface area contributed by atoms with Crippen molar-refractivity contribution in [3.63, 3.8) is 0 Å². The maximum Gasteiger partial charge on any atom is 0.415 e. The van der Waals surface area contributed by atoms with Crippen molar-refractivity contribution < 1.29 is 23.0 Å². The molecule has 0 saturated carbocycles. The van der Waals surface area contributed by atoms with Gasteiger partial charge in [0.05, 0.1) is 16.6 Å². The number of likely N-dealkylation sites (tertiary alicyclic amines) is 1. The molecule has 1 saturated heterocycles. The van der Waals surface area contributed by atoms with E-state index in [-0.39, 0.29) is 34.7 Å². The lowest BCUT2D eigenvalue weighted by molar-refractivity contribution is 0.0134. The van der Waals surface area contributed by atoms with E-state index in [4.69, 9.17) is 39.1 Å². The van der Waals surface area contributed by atoms with Crippen molar-refractivity contribution in [1.82, 2.24) is 4.90 Å². The van der Waals surface area contributed by atoms with Crippen LogP contribution in [0.1, 0.15) is 6.42 Å². The Hall–Kier alpha value is -1.71. The number of carbonyl (C=O) groups is 1. The van der Waals surface area contributed by atoms with Gasteiger partial charge in [-0.1, -0.05) is 29.1 Å². The fraction of sp³-hybridized carbons (Fsp3) is 0.357. The second-order valence-electron chi connectivity index (χ2n) is 4.60. The van der Waals surface area contributed by atoms with Gasteiger partial charge in [0.25, 0.3) is 5.92 Å². The number of ether oxygens (including phenoxy) is 2. The molecule has 0 aliphatic carbocycles. The first-order chi connectivity index (χ1) is 10.3. The highest BCUT2D eigenvalue weighted by Gasteiger charge is 2.41. The van der Waals surface area contributed by atoms with E-state index >= 15 is 0 Å². The third kappa shape index (κ3) is 3.93. The molecule has 0 N–H and O–H groups in total. The first kappa shape index (κ1) is 16.7. The molecule has 1 aromatic rings. The van der Waals surface area contributed by atoms with E-state index < -0.39 is 25.0 Å². The first-order valence-corrected chi connectivity index (χ1v) is 6.98. The molecule has 2 rings (SSSR count). The molecule has 0 radical (unpaired) electrons. The molecule has 118 valence electrons. The van der Waals surface area contributed by atoms with Gasteiger partial charge in [-0.2, -0.15) is 0 Å². The summed E-state index contributed by atoms with van der Waals surface area (Å²) in [4.78, 5) is 12.8. The molecule has 1 fully saturated rings. The molecule has 1 amide bonds. The zero-order chi connectivity index (χ0) is 16.3. The van der Waals surface area contributed by atoms with Crippen molar-refractivity contribution in [1.29, 1.82) is 0 Å². The molecule has 1 aromatic carbocycles. The minimum absolute atomic E-state index is 0.0346. The highest BCUT2D eigenvalue weighted by molar-refractivity contribution is 6.36. The monoisotopic (exact) mass is 349 g/mol. The lowest BCUT2D eigenvalue weighted by atomic mass is 10.3. The zero-order valence-electron chi connectivity index (χ0n) is 11.2. The summed E-state index contributed by atoms with van der Waals surface area (Å²) in [5.74, 6) is -0.504. The van der Waals surface area contributed by atoms with Crippen molar-refractivity contribution in [2.75, 3.05) is 19.7 Å². The molecular formula is C14H11Cl2F2NO3. The number of carbonyl (C=O) groups excluding carboxylic acids is 1. The Morgan fingerprint density at radius 1 is 1.36 bits per heavy atom. The predicted molar refractivity (Wildman–Crippen MR) is 78.0 cm³/mol. The minimum atomic E-state index is -2.90. The van der Waals surface area contributed by atoms with Crippen LogP contribution < -0.4 is 9.47 Å². The number of amides is 1. The van der Waals surface area contributed by atoms with Gasteiger partial charge in [-0.15, -0.1) is 6.42 Å². The van der Waals surface area contributed by atoms with E-state index in [1.54, 1.807) is 0 Å². The lowest BCUT2D eigenvalue weighted by Crippen LogP contribution is -2.33. The summed E-state index contributed by atoms with van der Waals surface area (Å²) in [6, 6.07) is 2.60. The molecule has 8 heteroatoms. The van der Waals surface area contributed by atoms with Gasteiger partial charge in [-0.3, -0.25) is 0 Å². The lowest BCUT2D eigenvalue weighted by Gasteiger charge is -2.17. The molecule has 0 bridgehead atoms. The van der Waals surface area contributed by atoms with Crippen molar-refractivity contribution in [3.8, 4) is 23.8 Å². The highest BCUT2D eigenvalue weighted by Crippen LogP contribution is 2.36. The molecule has 0 spiro atoms. The number of alkyl halides is 2. The molecule has 1 heterocycles. The smallest absolute Gasteiger partial charge is 0.415 e. The number of rotatable bonds is 3. The van der Waals surface area contributed by atoms with Crippen LogP contribution in [-0.2, 0) is 0 Å². The molecule has 0 aromatic heterocycles. The summed E-state index contributed by atoms with van der Waals surface area (Å²) in [7, 11) is 0. The summed E-state index contributed by atoms with van der Waals surface area (Å²) in [5.41, 5.74) is 0. The maximum absolute atomic E-state index is 13.1. The van der Waals surface area contributed by atoms with Crippen molar-refractivity contribution in [3.05, 3.63) is 22.2 Å². The average Bonchev–Trinajstić information content (AvgIpc) is 2.81. The summed E-state index contributed by atoms with van der Waals surface area (Å²) in [6.45, 7) is -0.804. The topological polar surface area (TPSA) is 38.8 Å². The van der Waals surface area contributed by atoms with Gasteiger partial charge in [0.2, 0.25) is 0 Å². The SMILES string of the molecule is C#CCOc1cc(OC(=O)N2CCC(F)(F)C2)c(Cl)cc1Cl. The number of hydrogen-bond donors (Lipinski definition) is 0. The van der Waals surface area contributed by atoms with E-state index in [0.717, 1.165) is 4.90 Å². The maximum atomic E-state index is 13.1. The van der Waals surface area contributed by atoms with E-state index in [1.165, 1.54) is 12.1 Å². The summed E-state index contributed by atoms with van der Waals surface area (Å²) >= 11 is 11.8. The van der Waals surface area contributed by atoms with Gasteiger partial charge >= 0.3 is 6.09 Å². The van der Waals surface area contributed by atoms with Crippen LogP contribution in [0.3, 0.4) is 0 Å². The van der Waals surface area contributed by atoms with E-state index in [9.17, 15) is 13.6 Å². The Labute approximate surface area is 135 Å². The third-order valence-corrected chi connectivity index (χ3v) is 3.51. The summed E-state index contributed by atoms with van der Waals surface area (Å²) < 4.78 is 36.4. The van der Waals surface area contributed by atoms with Crippen LogP contribution in [0.2, 0.25) is 10.0 Å². The van der Waals surface area contributed by atoms with Crippen molar-refractivity contribution in [2.45, 2.75) is 12.3 Å². The van der Waals surface area contributed by atoms with Crippen molar-refractivity contribution in [2.24, 2.45) is 0 Å². The van der Waals surface area contributed by atoms with Gasteiger partial charge in [-0.05, 0) is 6.07 Å². The first-order valence-electron chi connectivity index (χ1n) is 6.22. The fourth-order valence-corrected chi connectivity index (χ4v) is 2.35. The van der Waals surface area contributed by atoms with Crippen LogP contribution in [-0.4, -0.2) is 36.6 Å². The van der Waals surface area contributed by atoms with Crippen LogP contribution in [0, 0.1) is 12.3 Å². The molecule has 1 aliphatic heterocycles. The normalized spacial score (nSPS) is 16.2. The van der Waals surface area contributed by atoms with Gasteiger partial charge in [0.1, 0.15) is 12.4 Å². The molecule has 0 atom stereocenters. The number of nitrogens with zero attached hydrogens (tertiary/aromatic N) is 1. The number of terminal acetylenes is 1. The molecule has 1 aliphatic rings. The minimum Gasteiger partial charge on any atom is -0.479 e. The molecule has 0 unspecified atom stereocenters. The Bertz CT molecular complexity index is 631. The van der Waals surface area contributed by atoms with Gasteiger partial charge in [0.15, 0.2) is 5.75 Å². The number of halogens is 4. The number of hydrogen-bond acceptors (Lipinski definition) is 3. The third-order valence-electron chi connectivity index (χ3n) is 2.92. The van der Waals surface area contributed by atoms with Crippen LogP contribution in [0.25, 0.3) is 0 Å². The highest BCUT2D eigenvalue weighted by atomic mass is 35.5. The van der Waals surface area contributed by atoms with Crippen LogP contribution in [0.5, 0.6) is 11.5 Å². The standard InChI is InChI=1S/C14H11Cl2F2NO3/c1-2-5-21-11-7-12(10(16)6-9(11)15)22-13(20)19-4-3-14(17,18)8-19/h1,6-7H,3-5,8H2. The zero-order valence-corrected chi connectivity index (χ0v) is 12.8.